The van der Waals surface area contributed by atoms with Gasteiger partial charge in [0.05, 0.1) is 11.4 Å². The number of amides is 2. The van der Waals surface area contributed by atoms with Crippen molar-refractivity contribution in [2.75, 3.05) is 17.2 Å². The SMILES string of the molecule is Cc1cc(C)c2c(n1)SCC(=O)N2CCCC(=O)NCc1ccccc1Cl. The van der Waals surface area contributed by atoms with Crippen molar-refractivity contribution in [2.24, 2.45) is 0 Å². The molecular weight excluding hydrogens is 382 g/mol. The molecule has 2 aromatic rings. The summed E-state index contributed by atoms with van der Waals surface area (Å²) in [5, 5.41) is 4.42. The molecule has 2 heterocycles. The summed E-state index contributed by atoms with van der Waals surface area (Å²) in [6.45, 7) is 4.87. The number of pyridine rings is 1. The van der Waals surface area contributed by atoms with Gasteiger partial charge in [0, 0.05) is 30.2 Å². The van der Waals surface area contributed by atoms with Crippen molar-refractivity contribution < 1.29 is 9.59 Å². The van der Waals surface area contributed by atoms with E-state index in [0.717, 1.165) is 27.5 Å². The number of nitrogens with one attached hydrogen (secondary N) is 1. The van der Waals surface area contributed by atoms with E-state index >= 15 is 0 Å². The lowest BCUT2D eigenvalue weighted by Crippen LogP contribution is -2.37. The van der Waals surface area contributed by atoms with E-state index in [1.54, 1.807) is 11.0 Å². The third kappa shape index (κ3) is 4.82. The van der Waals surface area contributed by atoms with Gasteiger partial charge in [-0.15, -0.1) is 0 Å². The Bertz CT molecular complexity index is 872. The van der Waals surface area contributed by atoms with Gasteiger partial charge >= 0.3 is 0 Å². The predicted molar refractivity (Wildman–Crippen MR) is 109 cm³/mol. The fourth-order valence-electron chi connectivity index (χ4n) is 3.12. The summed E-state index contributed by atoms with van der Waals surface area (Å²) in [4.78, 5) is 30.8. The molecule has 27 heavy (non-hydrogen) atoms. The molecule has 0 fully saturated rings. The molecule has 0 saturated carbocycles. The van der Waals surface area contributed by atoms with Crippen molar-refractivity contribution in [2.45, 2.75) is 38.3 Å². The van der Waals surface area contributed by atoms with Crippen molar-refractivity contribution in [1.29, 1.82) is 0 Å². The van der Waals surface area contributed by atoms with Crippen molar-refractivity contribution in [3.8, 4) is 0 Å². The topological polar surface area (TPSA) is 62.3 Å². The van der Waals surface area contributed by atoms with Crippen LogP contribution in [0, 0.1) is 13.8 Å². The number of aromatic nitrogens is 1. The highest BCUT2D eigenvalue weighted by molar-refractivity contribution is 8.00. The number of nitrogens with zero attached hydrogens (tertiary/aromatic N) is 2. The molecule has 7 heteroatoms. The summed E-state index contributed by atoms with van der Waals surface area (Å²) < 4.78 is 0. The van der Waals surface area contributed by atoms with E-state index in [2.05, 4.69) is 10.3 Å². The number of benzene rings is 1. The standard InChI is InChI=1S/C20H22ClN3O2S/c1-13-10-14(2)23-20-19(13)24(18(26)12-27-20)9-5-8-17(25)22-11-15-6-3-4-7-16(15)21/h3-4,6-7,10H,5,8-9,11-12H2,1-2H3,(H,22,25). The zero-order valence-electron chi connectivity index (χ0n) is 15.4. The molecule has 1 N–H and O–H groups in total. The summed E-state index contributed by atoms with van der Waals surface area (Å²) in [5.41, 5.74) is 3.77. The molecule has 0 atom stereocenters. The van der Waals surface area contributed by atoms with Crippen LogP contribution in [0.25, 0.3) is 0 Å². The van der Waals surface area contributed by atoms with Crippen LogP contribution in [0.5, 0.6) is 0 Å². The molecule has 0 radical (unpaired) electrons. The van der Waals surface area contributed by atoms with E-state index in [-0.39, 0.29) is 11.8 Å². The molecule has 5 nitrogen and oxygen atoms in total. The smallest absolute Gasteiger partial charge is 0.237 e. The van der Waals surface area contributed by atoms with Crippen molar-refractivity contribution in [3.05, 3.63) is 52.2 Å². The zero-order valence-corrected chi connectivity index (χ0v) is 17.0. The zero-order chi connectivity index (χ0) is 19.4. The van der Waals surface area contributed by atoms with Gasteiger partial charge in [-0.05, 0) is 43.5 Å². The first kappa shape index (κ1) is 19.7. The molecule has 1 aromatic carbocycles. The average Bonchev–Trinajstić information content (AvgIpc) is 2.63. The largest absolute Gasteiger partial charge is 0.352 e. The Labute approximate surface area is 168 Å². The summed E-state index contributed by atoms with van der Waals surface area (Å²) in [6.07, 6.45) is 0.951. The Morgan fingerprint density at radius 1 is 1.33 bits per heavy atom. The number of halogens is 1. The van der Waals surface area contributed by atoms with Crippen molar-refractivity contribution in [1.82, 2.24) is 10.3 Å². The first-order valence-electron chi connectivity index (χ1n) is 8.87. The molecule has 1 aliphatic rings. The van der Waals surface area contributed by atoms with E-state index < -0.39 is 0 Å². The second-order valence-electron chi connectivity index (χ2n) is 6.54. The Morgan fingerprint density at radius 2 is 2.11 bits per heavy atom. The van der Waals surface area contributed by atoms with Crippen LogP contribution < -0.4 is 10.2 Å². The van der Waals surface area contributed by atoms with Crippen LogP contribution in [0.2, 0.25) is 5.02 Å². The molecule has 0 spiro atoms. The van der Waals surface area contributed by atoms with Crippen LogP contribution >= 0.6 is 23.4 Å². The van der Waals surface area contributed by atoms with Gasteiger partial charge in [0.2, 0.25) is 11.8 Å². The van der Waals surface area contributed by atoms with E-state index in [1.165, 1.54) is 11.8 Å². The van der Waals surface area contributed by atoms with Gasteiger partial charge in [0.1, 0.15) is 5.03 Å². The third-order valence-corrected chi connectivity index (χ3v) is 5.72. The van der Waals surface area contributed by atoms with Crippen LogP contribution in [0.4, 0.5) is 5.69 Å². The molecule has 3 rings (SSSR count). The average molecular weight is 404 g/mol. The highest BCUT2D eigenvalue weighted by Gasteiger charge is 2.27. The number of aryl methyl sites for hydroxylation is 2. The van der Waals surface area contributed by atoms with Gasteiger partial charge in [-0.25, -0.2) is 4.98 Å². The minimum atomic E-state index is -0.0484. The van der Waals surface area contributed by atoms with Crippen molar-refractivity contribution in [3.63, 3.8) is 0 Å². The number of anilines is 1. The second-order valence-corrected chi connectivity index (χ2v) is 7.91. The van der Waals surface area contributed by atoms with Crippen LogP contribution in [0.3, 0.4) is 0 Å². The summed E-state index contributed by atoms with van der Waals surface area (Å²) >= 11 is 7.58. The molecule has 2 amide bonds. The number of rotatable bonds is 6. The molecular formula is C20H22ClN3O2S. The lowest BCUT2D eigenvalue weighted by molar-refractivity contribution is -0.121. The fourth-order valence-corrected chi connectivity index (χ4v) is 4.35. The number of hydrogen-bond acceptors (Lipinski definition) is 4. The fraction of sp³-hybridized carbons (Fsp3) is 0.350. The quantitative estimate of drug-likeness (QED) is 0.794. The predicted octanol–water partition coefficient (Wildman–Crippen LogP) is 3.89. The molecule has 0 aliphatic carbocycles. The summed E-state index contributed by atoms with van der Waals surface area (Å²) in [7, 11) is 0. The molecule has 1 aliphatic heterocycles. The maximum absolute atomic E-state index is 12.4. The third-order valence-electron chi connectivity index (χ3n) is 4.40. The van der Waals surface area contributed by atoms with Gasteiger partial charge < -0.3 is 10.2 Å². The highest BCUT2D eigenvalue weighted by atomic mass is 35.5. The molecule has 0 bridgehead atoms. The maximum atomic E-state index is 12.4. The van der Waals surface area contributed by atoms with Crippen LogP contribution in [0.15, 0.2) is 35.4 Å². The Morgan fingerprint density at radius 3 is 2.89 bits per heavy atom. The van der Waals surface area contributed by atoms with Gasteiger partial charge in [0.25, 0.3) is 0 Å². The monoisotopic (exact) mass is 403 g/mol. The van der Waals surface area contributed by atoms with E-state index in [4.69, 9.17) is 11.6 Å². The molecule has 1 aromatic heterocycles. The Kier molecular flexibility index (Phi) is 6.39. The van der Waals surface area contributed by atoms with Gasteiger partial charge in [-0.2, -0.15) is 0 Å². The second kappa shape index (κ2) is 8.76. The van der Waals surface area contributed by atoms with Crippen molar-refractivity contribution >= 4 is 40.9 Å². The van der Waals surface area contributed by atoms with Crippen LogP contribution in [-0.2, 0) is 16.1 Å². The van der Waals surface area contributed by atoms with Gasteiger partial charge in [-0.3, -0.25) is 9.59 Å². The number of carbonyl (C=O) groups is 2. The Hall–Kier alpha value is -2.05. The first-order chi connectivity index (χ1) is 13.0. The molecule has 0 saturated heterocycles. The van der Waals surface area contributed by atoms with Gasteiger partial charge in [0.15, 0.2) is 0 Å². The van der Waals surface area contributed by atoms with E-state index in [0.29, 0.717) is 36.7 Å². The van der Waals surface area contributed by atoms with Crippen LogP contribution in [0.1, 0.15) is 29.7 Å². The minimum Gasteiger partial charge on any atom is -0.352 e. The summed E-state index contributed by atoms with van der Waals surface area (Å²) in [5.74, 6) is 0.409. The molecule has 142 valence electrons. The minimum absolute atomic E-state index is 0.0484. The first-order valence-corrected chi connectivity index (χ1v) is 10.2. The normalized spacial score (nSPS) is 13.4. The number of carbonyl (C=O) groups excluding carboxylic acids is 2. The number of thioether (sulfide) groups is 1. The lowest BCUT2D eigenvalue weighted by atomic mass is 10.1. The lowest BCUT2D eigenvalue weighted by Gasteiger charge is -2.30. The molecule has 0 unspecified atom stereocenters. The maximum Gasteiger partial charge on any atom is 0.237 e. The van der Waals surface area contributed by atoms with E-state index in [1.807, 2.05) is 38.1 Å². The number of hydrogen-bond donors (Lipinski definition) is 1. The Balaban J connectivity index is 1.55. The summed E-state index contributed by atoms with van der Waals surface area (Å²) in [6, 6.07) is 9.43. The number of fused-ring (bicyclic) bond motifs is 1. The van der Waals surface area contributed by atoms with E-state index in [9.17, 15) is 9.59 Å². The highest BCUT2D eigenvalue weighted by Crippen LogP contribution is 2.36. The van der Waals surface area contributed by atoms with Gasteiger partial charge in [-0.1, -0.05) is 41.6 Å². The van der Waals surface area contributed by atoms with Crippen LogP contribution in [-0.4, -0.2) is 29.1 Å².